The van der Waals surface area contributed by atoms with Crippen LogP contribution in [0, 0.1) is 0 Å². The molecule has 0 saturated carbocycles. The van der Waals surface area contributed by atoms with E-state index >= 15 is 0 Å². The van der Waals surface area contributed by atoms with E-state index in [1.54, 1.807) is 18.9 Å². The van der Waals surface area contributed by atoms with Crippen molar-refractivity contribution in [1.29, 1.82) is 0 Å². The van der Waals surface area contributed by atoms with Crippen molar-refractivity contribution < 1.29 is 9.53 Å². The zero-order valence-electron chi connectivity index (χ0n) is 14.5. The van der Waals surface area contributed by atoms with Gasteiger partial charge in [0, 0.05) is 36.3 Å². The number of hydrogen-bond acceptors (Lipinski definition) is 3. The number of nitrogens with zero attached hydrogens (tertiary/aromatic N) is 2. The highest BCUT2D eigenvalue weighted by Crippen LogP contribution is 2.40. The predicted molar refractivity (Wildman–Crippen MR) is 105 cm³/mol. The molecular formula is C21H20N2O2S. The van der Waals surface area contributed by atoms with Crippen LogP contribution < -0.4 is 4.74 Å². The summed E-state index contributed by atoms with van der Waals surface area (Å²) in [6.07, 6.45) is 4.14. The summed E-state index contributed by atoms with van der Waals surface area (Å²) in [5.41, 5.74) is 3.33. The van der Waals surface area contributed by atoms with Crippen molar-refractivity contribution in [2.75, 3.05) is 12.9 Å². The number of hydrogen-bond donors (Lipinski definition) is 0. The van der Waals surface area contributed by atoms with Crippen LogP contribution in [-0.4, -0.2) is 28.2 Å². The zero-order chi connectivity index (χ0) is 17.9. The van der Waals surface area contributed by atoms with Crippen molar-refractivity contribution in [3.63, 3.8) is 0 Å². The molecule has 4 nitrogen and oxygen atoms in total. The van der Waals surface area contributed by atoms with Gasteiger partial charge in [-0.2, -0.15) is 0 Å². The van der Waals surface area contributed by atoms with Crippen LogP contribution >= 0.6 is 11.8 Å². The van der Waals surface area contributed by atoms with Crippen molar-refractivity contribution in [2.45, 2.75) is 11.9 Å². The average molecular weight is 364 g/mol. The number of carbonyl (C=O) groups is 1. The number of rotatable bonds is 5. The van der Waals surface area contributed by atoms with E-state index in [1.807, 2.05) is 53.6 Å². The Morgan fingerprint density at radius 1 is 1.12 bits per heavy atom. The molecule has 1 saturated heterocycles. The van der Waals surface area contributed by atoms with Crippen molar-refractivity contribution in [1.82, 2.24) is 9.47 Å². The van der Waals surface area contributed by atoms with Crippen LogP contribution in [0.2, 0.25) is 0 Å². The average Bonchev–Trinajstić information content (AvgIpc) is 3.30. The number of ether oxygens (including phenoxy) is 1. The Hall–Kier alpha value is -2.66. The van der Waals surface area contributed by atoms with E-state index < -0.39 is 0 Å². The number of benzene rings is 2. The first-order valence-corrected chi connectivity index (χ1v) is 9.57. The molecule has 1 fully saturated rings. The normalized spacial score (nSPS) is 16.9. The first kappa shape index (κ1) is 16.8. The van der Waals surface area contributed by atoms with Crippen LogP contribution in [0.1, 0.15) is 16.5 Å². The third kappa shape index (κ3) is 3.35. The van der Waals surface area contributed by atoms with Crippen LogP contribution in [0.4, 0.5) is 0 Å². The van der Waals surface area contributed by atoms with Gasteiger partial charge in [0.15, 0.2) is 0 Å². The van der Waals surface area contributed by atoms with Crippen LogP contribution in [0.25, 0.3) is 5.69 Å². The van der Waals surface area contributed by atoms with Crippen molar-refractivity contribution in [2.24, 2.45) is 0 Å². The number of aromatic nitrogens is 1. The fraction of sp³-hybridized carbons (Fsp3) is 0.190. The van der Waals surface area contributed by atoms with Gasteiger partial charge in [-0.25, -0.2) is 0 Å². The van der Waals surface area contributed by atoms with Gasteiger partial charge in [0.25, 0.3) is 0 Å². The quantitative estimate of drug-likeness (QED) is 0.678. The highest BCUT2D eigenvalue weighted by atomic mass is 32.2. The van der Waals surface area contributed by atoms with E-state index in [1.165, 1.54) is 0 Å². The van der Waals surface area contributed by atoms with E-state index in [0.717, 1.165) is 22.6 Å². The highest BCUT2D eigenvalue weighted by molar-refractivity contribution is 8.00. The van der Waals surface area contributed by atoms with Gasteiger partial charge in [-0.05, 0) is 23.8 Å². The Kier molecular flexibility index (Phi) is 4.71. The summed E-state index contributed by atoms with van der Waals surface area (Å²) in [5, 5.41) is 0.0505. The van der Waals surface area contributed by atoms with Crippen LogP contribution in [0.3, 0.4) is 0 Å². The Morgan fingerprint density at radius 3 is 2.77 bits per heavy atom. The van der Waals surface area contributed by atoms with Crippen LogP contribution in [-0.2, 0) is 11.3 Å². The minimum absolute atomic E-state index is 0.0505. The van der Waals surface area contributed by atoms with E-state index in [9.17, 15) is 4.79 Å². The molecule has 0 bridgehead atoms. The van der Waals surface area contributed by atoms with Gasteiger partial charge < -0.3 is 14.2 Å². The van der Waals surface area contributed by atoms with Crippen LogP contribution in [0.15, 0.2) is 73.1 Å². The Bertz CT molecular complexity index is 907. The number of methoxy groups -OCH3 is 1. The number of carbonyl (C=O) groups excluding carboxylic acids is 1. The Labute approximate surface area is 157 Å². The van der Waals surface area contributed by atoms with Gasteiger partial charge in [-0.3, -0.25) is 4.79 Å². The van der Waals surface area contributed by atoms with E-state index in [2.05, 4.69) is 29.0 Å². The van der Waals surface area contributed by atoms with E-state index in [0.29, 0.717) is 12.3 Å². The lowest BCUT2D eigenvalue weighted by molar-refractivity contribution is -0.128. The third-order valence-electron chi connectivity index (χ3n) is 4.52. The molecule has 2 aromatic carbocycles. The minimum Gasteiger partial charge on any atom is -0.497 e. The van der Waals surface area contributed by atoms with Crippen molar-refractivity contribution in [3.05, 3.63) is 84.2 Å². The molecular weight excluding hydrogens is 344 g/mol. The molecule has 1 aromatic heterocycles. The second-order valence-corrected chi connectivity index (χ2v) is 7.29. The van der Waals surface area contributed by atoms with E-state index in [-0.39, 0.29) is 11.3 Å². The van der Waals surface area contributed by atoms with Crippen molar-refractivity contribution >= 4 is 17.7 Å². The molecule has 5 heteroatoms. The molecule has 1 aliphatic rings. The Morgan fingerprint density at radius 2 is 1.96 bits per heavy atom. The minimum atomic E-state index is 0.0505. The molecule has 4 rings (SSSR count). The predicted octanol–water partition coefficient (Wildman–Crippen LogP) is 4.26. The molecule has 0 radical (unpaired) electrons. The summed E-state index contributed by atoms with van der Waals surface area (Å²) in [5.74, 6) is 1.55. The highest BCUT2D eigenvalue weighted by Gasteiger charge is 2.33. The van der Waals surface area contributed by atoms with E-state index in [4.69, 9.17) is 4.74 Å². The fourth-order valence-electron chi connectivity index (χ4n) is 3.17. The lowest BCUT2D eigenvalue weighted by Gasteiger charge is -2.23. The SMILES string of the molecule is COc1cccc(-n2ccc(C3SCC(=O)N3Cc3ccccc3)c2)c1. The summed E-state index contributed by atoms with van der Waals surface area (Å²) in [6, 6.07) is 20.2. The molecule has 132 valence electrons. The van der Waals surface area contributed by atoms with Crippen LogP contribution in [0.5, 0.6) is 5.75 Å². The summed E-state index contributed by atoms with van der Waals surface area (Å²) in [4.78, 5) is 14.4. The second kappa shape index (κ2) is 7.30. The van der Waals surface area contributed by atoms with Gasteiger partial charge in [0.05, 0.1) is 12.9 Å². The number of thioether (sulfide) groups is 1. The molecule has 1 amide bonds. The third-order valence-corrected chi connectivity index (χ3v) is 5.77. The molecule has 3 aromatic rings. The maximum absolute atomic E-state index is 12.4. The number of amides is 1. The summed E-state index contributed by atoms with van der Waals surface area (Å²) in [7, 11) is 1.67. The first-order valence-electron chi connectivity index (χ1n) is 8.52. The Balaban J connectivity index is 1.58. The van der Waals surface area contributed by atoms with Gasteiger partial charge in [0.2, 0.25) is 5.91 Å². The smallest absolute Gasteiger partial charge is 0.234 e. The molecule has 1 unspecified atom stereocenters. The maximum Gasteiger partial charge on any atom is 0.234 e. The zero-order valence-corrected chi connectivity index (χ0v) is 15.4. The maximum atomic E-state index is 12.4. The molecule has 1 atom stereocenters. The van der Waals surface area contributed by atoms with Gasteiger partial charge in [-0.1, -0.05) is 36.4 Å². The molecule has 1 aliphatic heterocycles. The molecule has 2 heterocycles. The standard InChI is InChI=1S/C21H20N2O2S/c1-25-19-9-5-8-18(12-19)22-11-10-17(14-22)21-23(20(24)15-26-21)13-16-6-3-2-4-7-16/h2-12,14,21H,13,15H2,1H3. The lowest BCUT2D eigenvalue weighted by Crippen LogP contribution is -2.27. The van der Waals surface area contributed by atoms with Gasteiger partial charge in [0.1, 0.15) is 11.1 Å². The largest absolute Gasteiger partial charge is 0.497 e. The summed E-state index contributed by atoms with van der Waals surface area (Å²) < 4.78 is 7.38. The molecule has 0 N–H and O–H groups in total. The van der Waals surface area contributed by atoms with Crippen molar-refractivity contribution in [3.8, 4) is 11.4 Å². The van der Waals surface area contributed by atoms with Gasteiger partial charge >= 0.3 is 0 Å². The summed E-state index contributed by atoms with van der Waals surface area (Å²) in [6.45, 7) is 0.641. The second-order valence-electron chi connectivity index (χ2n) is 6.22. The van der Waals surface area contributed by atoms with Gasteiger partial charge in [-0.15, -0.1) is 11.8 Å². The molecule has 0 spiro atoms. The fourth-order valence-corrected chi connectivity index (χ4v) is 4.34. The molecule has 0 aliphatic carbocycles. The lowest BCUT2D eigenvalue weighted by atomic mass is 10.2. The molecule has 26 heavy (non-hydrogen) atoms. The topological polar surface area (TPSA) is 34.5 Å². The monoisotopic (exact) mass is 364 g/mol. The summed E-state index contributed by atoms with van der Waals surface area (Å²) >= 11 is 1.69. The first-order chi connectivity index (χ1) is 12.7.